The third-order valence-electron chi connectivity index (χ3n) is 3.19. The second-order valence-corrected chi connectivity index (χ2v) is 4.98. The van der Waals surface area contributed by atoms with Crippen molar-refractivity contribution in [2.75, 3.05) is 0 Å². The highest BCUT2D eigenvalue weighted by Crippen LogP contribution is 2.13. The molecule has 0 radical (unpaired) electrons. The van der Waals surface area contributed by atoms with Crippen molar-refractivity contribution in [3.63, 3.8) is 0 Å². The second-order valence-electron chi connectivity index (χ2n) is 4.98. The minimum atomic E-state index is -0.151. The SMILES string of the molecule is Cc1ccc(OC(=O)CCCCc2ccccc2)cc1. The van der Waals surface area contributed by atoms with E-state index in [0.717, 1.165) is 24.8 Å². The number of hydrogen-bond acceptors (Lipinski definition) is 2. The van der Waals surface area contributed by atoms with Gasteiger partial charge < -0.3 is 4.74 Å². The molecule has 2 heteroatoms. The molecule has 0 aliphatic rings. The van der Waals surface area contributed by atoms with Crippen LogP contribution in [0.1, 0.15) is 30.4 Å². The molecule has 2 nitrogen and oxygen atoms in total. The summed E-state index contributed by atoms with van der Waals surface area (Å²) in [6.45, 7) is 2.01. The van der Waals surface area contributed by atoms with Crippen molar-refractivity contribution in [1.82, 2.24) is 0 Å². The topological polar surface area (TPSA) is 26.3 Å². The first-order chi connectivity index (χ1) is 9.74. The Hall–Kier alpha value is -2.09. The lowest BCUT2D eigenvalue weighted by atomic mass is 10.1. The molecule has 0 aliphatic carbocycles. The first kappa shape index (κ1) is 14.3. The molecule has 2 aromatic rings. The molecule has 0 aliphatic heterocycles. The Morgan fingerprint density at radius 1 is 0.950 bits per heavy atom. The van der Waals surface area contributed by atoms with E-state index in [0.29, 0.717) is 12.2 Å². The summed E-state index contributed by atoms with van der Waals surface area (Å²) >= 11 is 0. The van der Waals surface area contributed by atoms with E-state index in [1.807, 2.05) is 49.4 Å². The summed E-state index contributed by atoms with van der Waals surface area (Å²) in [5.41, 5.74) is 2.48. The molecule has 0 spiro atoms. The number of carbonyl (C=O) groups is 1. The summed E-state index contributed by atoms with van der Waals surface area (Å²) < 4.78 is 5.28. The van der Waals surface area contributed by atoms with Crippen LogP contribution >= 0.6 is 0 Å². The second kappa shape index (κ2) is 7.49. The van der Waals surface area contributed by atoms with Gasteiger partial charge in [0.1, 0.15) is 5.75 Å². The van der Waals surface area contributed by atoms with Crippen molar-refractivity contribution < 1.29 is 9.53 Å². The van der Waals surface area contributed by atoms with E-state index in [1.54, 1.807) is 0 Å². The Morgan fingerprint density at radius 3 is 2.35 bits per heavy atom. The van der Waals surface area contributed by atoms with Gasteiger partial charge >= 0.3 is 5.97 Å². The number of benzene rings is 2. The van der Waals surface area contributed by atoms with Crippen molar-refractivity contribution in [2.45, 2.75) is 32.6 Å². The molecule has 20 heavy (non-hydrogen) atoms. The summed E-state index contributed by atoms with van der Waals surface area (Å²) in [7, 11) is 0. The van der Waals surface area contributed by atoms with Gasteiger partial charge in [-0.15, -0.1) is 0 Å². The van der Waals surface area contributed by atoms with E-state index in [1.165, 1.54) is 5.56 Å². The Kier molecular flexibility index (Phi) is 5.36. The van der Waals surface area contributed by atoms with Crippen molar-refractivity contribution in [3.05, 3.63) is 65.7 Å². The van der Waals surface area contributed by atoms with Crippen LogP contribution in [0.3, 0.4) is 0 Å². The Balaban J connectivity index is 1.66. The fourth-order valence-corrected chi connectivity index (χ4v) is 2.03. The molecule has 104 valence electrons. The predicted molar refractivity (Wildman–Crippen MR) is 80.8 cm³/mol. The highest BCUT2D eigenvalue weighted by Gasteiger charge is 2.04. The Labute approximate surface area is 120 Å². The number of aryl methyl sites for hydroxylation is 2. The molecule has 0 N–H and O–H groups in total. The van der Waals surface area contributed by atoms with Crippen molar-refractivity contribution in [3.8, 4) is 5.75 Å². The van der Waals surface area contributed by atoms with Crippen LogP contribution in [-0.2, 0) is 11.2 Å². The van der Waals surface area contributed by atoms with E-state index >= 15 is 0 Å². The van der Waals surface area contributed by atoms with Crippen LogP contribution in [-0.4, -0.2) is 5.97 Å². The van der Waals surface area contributed by atoms with E-state index in [2.05, 4.69) is 12.1 Å². The molecule has 0 saturated heterocycles. The van der Waals surface area contributed by atoms with Gasteiger partial charge in [0.15, 0.2) is 0 Å². The first-order valence-electron chi connectivity index (χ1n) is 7.05. The summed E-state index contributed by atoms with van der Waals surface area (Å²) in [6.07, 6.45) is 3.35. The lowest BCUT2D eigenvalue weighted by molar-refractivity contribution is -0.134. The van der Waals surface area contributed by atoms with Gasteiger partial charge in [-0.25, -0.2) is 0 Å². The molecule has 2 aromatic carbocycles. The van der Waals surface area contributed by atoms with Crippen LogP contribution in [0, 0.1) is 6.92 Å². The maximum absolute atomic E-state index is 11.7. The monoisotopic (exact) mass is 268 g/mol. The van der Waals surface area contributed by atoms with Gasteiger partial charge in [-0.1, -0.05) is 48.0 Å². The maximum Gasteiger partial charge on any atom is 0.311 e. The van der Waals surface area contributed by atoms with E-state index in [4.69, 9.17) is 4.74 Å². The fraction of sp³-hybridized carbons (Fsp3) is 0.278. The molecule has 0 bridgehead atoms. The third kappa shape index (κ3) is 4.88. The van der Waals surface area contributed by atoms with Crippen LogP contribution in [0.2, 0.25) is 0 Å². The quantitative estimate of drug-likeness (QED) is 0.443. The van der Waals surface area contributed by atoms with Crippen LogP contribution in [0.4, 0.5) is 0 Å². The lowest BCUT2D eigenvalue weighted by Gasteiger charge is -2.05. The molecule has 2 rings (SSSR count). The number of hydrogen-bond donors (Lipinski definition) is 0. The Morgan fingerprint density at radius 2 is 1.65 bits per heavy atom. The zero-order valence-electron chi connectivity index (χ0n) is 11.8. The van der Waals surface area contributed by atoms with Crippen LogP contribution < -0.4 is 4.74 Å². The summed E-state index contributed by atoms with van der Waals surface area (Å²) in [5.74, 6) is 0.477. The fourth-order valence-electron chi connectivity index (χ4n) is 2.03. The summed E-state index contributed by atoms with van der Waals surface area (Å²) in [6, 6.07) is 17.9. The van der Waals surface area contributed by atoms with Gasteiger partial charge in [0.25, 0.3) is 0 Å². The van der Waals surface area contributed by atoms with Gasteiger partial charge in [0, 0.05) is 6.42 Å². The van der Waals surface area contributed by atoms with Gasteiger partial charge in [0.05, 0.1) is 0 Å². The smallest absolute Gasteiger partial charge is 0.311 e. The van der Waals surface area contributed by atoms with E-state index in [-0.39, 0.29) is 5.97 Å². The minimum Gasteiger partial charge on any atom is -0.427 e. The number of esters is 1. The molecule has 0 aromatic heterocycles. The summed E-state index contributed by atoms with van der Waals surface area (Å²) in [4.78, 5) is 11.7. The van der Waals surface area contributed by atoms with Crippen molar-refractivity contribution in [1.29, 1.82) is 0 Å². The number of unbranched alkanes of at least 4 members (excludes halogenated alkanes) is 1. The molecule has 0 heterocycles. The number of ether oxygens (including phenoxy) is 1. The molecular formula is C18H20O2. The maximum atomic E-state index is 11.7. The van der Waals surface area contributed by atoms with Gasteiger partial charge in [-0.3, -0.25) is 4.79 Å². The van der Waals surface area contributed by atoms with E-state index < -0.39 is 0 Å². The normalized spacial score (nSPS) is 10.2. The predicted octanol–water partition coefficient (Wildman–Crippen LogP) is 4.31. The van der Waals surface area contributed by atoms with Gasteiger partial charge in [0.2, 0.25) is 0 Å². The van der Waals surface area contributed by atoms with Crippen LogP contribution in [0.15, 0.2) is 54.6 Å². The highest BCUT2D eigenvalue weighted by atomic mass is 16.5. The Bertz CT molecular complexity index is 529. The molecule has 0 unspecified atom stereocenters. The largest absolute Gasteiger partial charge is 0.427 e. The molecule has 0 fully saturated rings. The van der Waals surface area contributed by atoms with Crippen molar-refractivity contribution in [2.24, 2.45) is 0 Å². The number of rotatable bonds is 6. The van der Waals surface area contributed by atoms with Crippen LogP contribution in [0.5, 0.6) is 5.75 Å². The minimum absolute atomic E-state index is 0.151. The molecular weight excluding hydrogens is 248 g/mol. The molecule has 0 saturated carbocycles. The first-order valence-corrected chi connectivity index (χ1v) is 7.05. The van der Waals surface area contributed by atoms with Gasteiger partial charge in [-0.2, -0.15) is 0 Å². The van der Waals surface area contributed by atoms with E-state index in [9.17, 15) is 4.79 Å². The summed E-state index contributed by atoms with van der Waals surface area (Å²) in [5, 5.41) is 0. The highest BCUT2D eigenvalue weighted by molar-refractivity contribution is 5.72. The average Bonchev–Trinajstić information content (AvgIpc) is 2.47. The number of carbonyl (C=O) groups excluding carboxylic acids is 1. The molecule has 0 atom stereocenters. The zero-order valence-corrected chi connectivity index (χ0v) is 11.8. The zero-order chi connectivity index (χ0) is 14.2. The lowest BCUT2D eigenvalue weighted by Crippen LogP contribution is -2.07. The average molecular weight is 268 g/mol. The molecule has 0 amide bonds. The standard InChI is InChI=1S/C18H20O2/c1-15-11-13-17(14-12-15)20-18(19)10-6-5-9-16-7-3-2-4-8-16/h2-4,7-8,11-14H,5-6,9-10H2,1H3. The van der Waals surface area contributed by atoms with Gasteiger partial charge in [-0.05, 0) is 43.9 Å². The van der Waals surface area contributed by atoms with Crippen LogP contribution in [0.25, 0.3) is 0 Å². The van der Waals surface area contributed by atoms with Crippen molar-refractivity contribution >= 4 is 5.97 Å². The third-order valence-corrected chi connectivity index (χ3v) is 3.19.